The number of methoxy groups -OCH3 is 1. The molecular formula is C13H15N3O4. The number of non-ortho nitro benzene ring substituents is 1. The average Bonchev–Trinajstić information content (AvgIpc) is 2.87. The Bertz CT molecular complexity index is 622. The van der Waals surface area contributed by atoms with Gasteiger partial charge in [0.15, 0.2) is 0 Å². The molecule has 1 N–H and O–H groups in total. The van der Waals surface area contributed by atoms with E-state index in [2.05, 4.69) is 5.10 Å². The van der Waals surface area contributed by atoms with E-state index < -0.39 is 11.0 Å². The molecule has 0 aliphatic carbocycles. The maximum absolute atomic E-state index is 10.9. The summed E-state index contributed by atoms with van der Waals surface area (Å²) in [6, 6.07) is 4.57. The predicted octanol–water partition coefficient (Wildman–Crippen LogP) is 1.90. The zero-order chi connectivity index (χ0) is 14.7. The number of nitro groups is 1. The third kappa shape index (κ3) is 3.12. The molecule has 106 valence electrons. The number of nitrogens with zero attached hydrogens (tertiary/aromatic N) is 3. The molecule has 0 spiro atoms. The largest absolute Gasteiger partial charge is 0.496 e. The lowest BCUT2D eigenvalue weighted by atomic mass is 10.2. The molecule has 2 rings (SSSR count). The fourth-order valence-corrected chi connectivity index (χ4v) is 1.83. The van der Waals surface area contributed by atoms with Crippen LogP contribution in [0.3, 0.4) is 0 Å². The lowest BCUT2D eigenvalue weighted by molar-refractivity contribution is -0.385. The van der Waals surface area contributed by atoms with Crippen molar-refractivity contribution in [2.75, 3.05) is 7.11 Å². The number of aromatic nitrogens is 2. The molecule has 0 radical (unpaired) electrons. The topological polar surface area (TPSA) is 90.4 Å². The highest BCUT2D eigenvalue weighted by Gasteiger charge is 2.11. The second-order valence-corrected chi connectivity index (χ2v) is 4.44. The molecule has 1 aromatic heterocycles. The molecule has 0 bridgehead atoms. The molecule has 1 heterocycles. The van der Waals surface area contributed by atoms with Gasteiger partial charge < -0.3 is 9.84 Å². The van der Waals surface area contributed by atoms with E-state index in [0.29, 0.717) is 23.4 Å². The van der Waals surface area contributed by atoms with Crippen molar-refractivity contribution in [3.63, 3.8) is 0 Å². The zero-order valence-electron chi connectivity index (χ0n) is 11.2. The number of hydrogen-bond acceptors (Lipinski definition) is 5. The van der Waals surface area contributed by atoms with E-state index in [0.717, 1.165) is 0 Å². The molecule has 0 aliphatic rings. The van der Waals surface area contributed by atoms with E-state index >= 15 is 0 Å². The lowest BCUT2D eigenvalue weighted by Gasteiger charge is -2.05. The molecule has 7 nitrogen and oxygen atoms in total. The van der Waals surface area contributed by atoms with E-state index in [9.17, 15) is 15.2 Å². The Balaban J connectivity index is 2.27. The Hall–Kier alpha value is -2.41. The Labute approximate surface area is 115 Å². The van der Waals surface area contributed by atoms with Crippen LogP contribution in [-0.2, 0) is 6.54 Å². The molecule has 0 fully saturated rings. The van der Waals surface area contributed by atoms with Gasteiger partial charge >= 0.3 is 0 Å². The quantitative estimate of drug-likeness (QED) is 0.665. The number of benzene rings is 1. The highest BCUT2D eigenvalue weighted by molar-refractivity contribution is 5.42. The smallest absolute Gasteiger partial charge is 0.273 e. The molecule has 0 saturated carbocycles. The molecule has 7 heteroatoms. The highest BCUT2D eigenvalue weighted by atomic mass is 16.6. The van der Waals surface area contributed by atoms with Crippen LogP contribution in [0.4, 0.5) is 5.69 Å². The second-order valence-electron chi connectivity index (χ2n) is 4.44. The van der Waals surface area contributed by atoms with E-state index in [4.69, 9.17) is 4.74 Å². The first-order valence-corrected chi connectivity index (χ1v) is 6.02. The summed E-state index contributed by atoms with van der Waals surface area (Å²) in [5, 5.41) is 24.4. The van der Waals surface area contributed by atoms with Crippen LogP contribution in [-0.4, -0.2) is 26.9 Å². The molecule has 1 aromatic carbocycles. The summed E-state index contributed by atoms with van der Waals surface area (Å²) >= 11 is 0. The predicted molar refractivity (Wildman–Crippen MR) is 71.6 cm³/mol. The molecular weight excluding hydrogens is 262 g/mol. The Morgan fingerprint density at radius 1 is 1.50 bits per heavy atom. The van der Waals surface area contributed by atoms with Gasteiger partial charge in [-0.1, -0.05) is 0 Å². The molecule has 0 saturated heterocycles. The van der Waals surface area contributed by atoms with Crippen molar-refractivity contribution in [3.8, 4) is 5.75 Å². The van der Waals surface area contributed by atoms with Crippen LogP contribution >= 0.6 is 0 Å². The van der Waals surface area contributed by atoms with E-state index in [1.807, 2.05) is 0 Å². The van der Waals surface area contributed by atoms with Gasteiger partial charge in [0, 0.05) is 17.8 Å². The van der Waals surface area contributed by atoms with Gasteiger partial charge in [-0.25, -0.2) is 0 Å². The average molecular weight is 277 g/mol. The van der Waals surface area contributed by atoms with Gasteiger partial charge in [0.05, 0.1) is 36.9 Å². The Morgan fingerprint density at radius 2 is 2.25 bits per heavy atom. The van der Waals surface area contributed by atoms with Crippen molar-refractivity contribution < 1.29 is 14.8 Å². The van der Waals surface area contributed by atoms with Crippen molar-refractivity contribution in [2.45, 2.75) is 19.6 Å². The van der Waals surface area contributed by atoms with Crippen LogP contribution in [0.2, 0.25) is 0 Å². The summed E-state index contributed by atoms with van der Waals surface area (Å²) in [6.07, 6.45) is 2.68. The first kappa shape index (κ1) is 14.0. The molecule has 0 amide bonds. The van der Waals surface area contributed by atoms with Crippen LogP contribution in [0, 0.1) is 10.1 Å². The maximum atomic E-state index is 10.9. The molecule has 1 unspecified atom stereocenters. The van der Waals surface area contributed by atoms with Gasteiger partial charge in [0.1, 0.15) is 5.75 Å². The fourth-order valence-electron chi connectivity index (χ4n) is 1.83. The number of rotatable bonds is 5. The number of hydrogen-bond donors (Lipinski definition) is 1. The summed E-state index contributed by atoms with van der Waals surface area (Å²) in [6.45, 7) is 2.02. The minimum atomic E-state index is -0.594. The number of ether oxygens (including phenoxy) is 1. The fraction of sp³-hybridized carbons (Fsp3) is 0.308. The minimum absolute atomic E-state index is 0.0257. The maximum Gasteiger partial charge on any atom is 0.273 e. The van der Waals surface area contributed by atoms with Gasteiger partial charge in [-0.3, -0.25) is 14.8 Å². The third-order valence-corrected chi connectivity index (χ3v) is 2.88. The van der Waals surface area contributed by atoms with E-state index in [-0.39, 0.29) is 5.69 Å². The van der Waals surface area contributed by atoms with Gasteiger partial charge in [0.2, 0.25) is 0 Å². The number of aliphatic hydroxyl groups is 1. The monoisotopic (exact) mass is 277 g/mol. The minimum Gasteiger partial charge on any atom is -0.496 e. The molecule has 20 heavy (non-hydrogen) atoms. The van der Waals surface area contributed by atoms with Crippen molar-refractivity contribution in [3.05, 3.63) is 51.8 Å². The Kier molecular flexibility index (Phi) is 3.99. The Morgan fingerprint density at radius 3 is 2.80 bits per heavy atom. The summed E-state index contributed by atoms with van der Waals surface area (Å²) in [5.41, 5.74) is 1.38. The first-order chi connectivity index (χ1) is 9.49. The molecule has 2 aromatic rings. The first-order valence-electron chi connectivity index (χ1n) is 6.02. The van der Waals surface area contributed by atoms with Crippen LogP contribution in [0.1, 0.15) is 24.2 Å². The van der Waals surface area contributed by atoms with Gasteiger partial charge in [-0.05, 0) is 18.6 Å². The molecule has 1 atom stereocenters. The van der Waals surface area contributed by atoms with Crippen LogP contribution in [0.15, 0.2) is 30.6 Å². The van der Waals surface area contributed by atoms with E-state index in [1.54, 1.807) is 30.1 Å². The van der Waals surface area contributed by atoms with Crippen molar-refractivity contribution in [1.29, 1.82) is 0 Å². The van der Waals surface area contributed by atoms with Crippen LogP contribution in [0.25, 0.3) is 0 Å². The third-order valence-electron chi connectivity index (χ3n) is 2.88. The van der Waals surface area contributed by atoms with Gasteiger partial charge in [-0.2, -0.15) is 5.10 Å². The SMILES string of the molecule is COc1cc(Cn2cc(C(C)O)cn2)cc([N+](=O)[O-])c1. The summed E-state index contributed by atoms with van der Waals surface area (Å²) in [4.78, 5) is 10.4. The van der Waals surface area contributed by atoms with Crippen molar-refractivity contribution in [2.24, 2.45) is 0 Å². The zero-order valence-corrected chi connectivity index (χ0v) is 11.2. The standard InChI is InChI=1S/C13H15N3O4/c1-9(17)11-6-14-15(8-11)7-10-3-12(16(18)19)5-13(4-10)20-2/h3-6,8-9,17H,7H2,1-2H3. The molecule has 0 aliphatic heterocycles. The lowest BCUT2D eigenvalue weighted by Crippen LogP contribution is -2.01. The normalized spacial score (nSPS) is 12.2. The highest BCUT2D eigenvalue weighted by Crippen LogP contribution is 2.23. The van der Waals surface area contributed by atoms with Crippen molar-refractivity contribution in [1.82, 2.24) is 9.78 Å². The number of nitro benzene ring substituents is 1. The van der Waals surface area contributed by atoms with Gasteiger partial charge in [-0.15, -0.1) is 0 Å². The van der Waals surface area contributed by atoms with Crippen LogP contribution in [0.5, 0.6) is 5.75 Å². The van der Waals surface area contributed by atoms with E-state index in [1.165, 1.54) is 19.2 Å². The summed E-state index contributed by atoms with van der Waals surface area (Å²) in [5.74, 6) is 0.428. The van der Waals surface area contributed by atoms with Crippen molar-refractivity contribution >= 4 is 5.69 Å². The van der Waals surface area contributed by atoms with Gasteiger partial charge in [0.25, 0.3) is 5.69 Å². The summed E-state index contributed by atoms with van der Waals surface area (Å²) in [7, 11) is 1.46. The van der Waals surface area contributed by atoms with Crippen LogP contribution < -0.4 is 4.74 Å². The summed E-state index contributed by atoms with van der Waals surface area (Å²) < 4.78 is 6.66. The second kappa shape index (κ2) is 5.70. The number of aliphatic hydroxyl groups excluding tert-OH is 1.